The molecule has 3 amide bonds. The number of nitrogens with one attached hydrogen (secondary N) is 2. The average molecular weight is 187 g/mol. The van der Waals surface area contributed by atoms with Gasteiger partial charge in [-0.3, -0.25) is 10.1 Å². The van der Waals surface area contributed by atoms with Gasteiger partial charge in [0.1, 0.15) is 0 Å². The van der Waals surface area contributed by atoms with E-state index in [9.17, 15) is 9.59 Å². The highest BCUT2D eigenvalue weighted by molar-refractivity contribution is 5.95. The monoisotopic (exact) mass is 187 g/mol. The van der Waals surface area contributed by atoms with Gasteiger partial charge in [0.2, 0.25) is 5.91 Å². The van der Waals surface area contributed by atoms with E-state index in [2.05, 4.69) is 10.6 Å². The lowest BCUT2D eigenvalue weighted by atomic mass is 10.4. The second-order valence-electron chi connectivity index (χ2n) is 3.41. The van der Waals surface area contributed by atoms with Gasteiger partial charge in [0.15, 0.2) is 0 Å². The van der Waals surface area contributed by atoms with Crippen molar-refractivity contribution in [1.82, 2.24) is 15.5 Å². The van der Waals surface area contributed by atoms with E-state index in [0.717, 1.165) is 0 Å². The van der Waals surface area contributed by atoms with Gasteiger partial charge in [-0.05, 0) is 27.9 Å². The van der Waals surface area contributed by atoms with Gasteiger partial charge in [-0.15, -0.1) is 0 Å². The first-order valence-electron chi connectivity index (χ1n) is 4.17. The van der Waals surface area contributed by atoms with Crippen molar-refractivity contribution < 1.29 is 9.59 Å². The Bertz CT molecular complexity index is 170. The molecule has 5 heteroatoms. The van der Waals surface area contributed by atoms with Gasteiger partial charge < -0.3 is 10.2 Å². The fraction of sp³-hybridized carbons (Fsp3) is 0.750. The van der Waals surface area contributed by atoms with Crippen molar-refractivity contribution in [3.8, 4) is 0 Å². The zero-order valence-corrected chi connectivity index (χ0v) is 8.55. The fourth-order valence-corrected chi connectivity index (χ4v) is 0.752. The fourth-order valence-electron chi connectivity index (χ4n) is 0.752. The summed E-state index contributed by atoms with van der Waals surface area (Å²) in [6.07, 6.45) is 0. The number of hydrogen-bond donors (Lipinski definition) is 2. The molecule has 0 saturated carbocycles. The number of nitrogens with zero attached hydrogens (tertiary/aromatic N) is 1. The summed E-state index contributed by atoms with van der Waals surface area (Å²) in [6, 6.07) is -0.408. The molecule has 0 saturated heterocycles. The van der Waals surface area contributed by atoms with Crippen LogP contribution in [0.25, 0.3) is 0 Å². The summed E-state index contributed by atoms with van der Waals surface area (Å²) >= 11 is 0. The molecule has 0 unspecified atom stereocenters. The summed E-state index contributed by atoms with van der Waals surface area (Å²) in [5, 5.41) is 4.77. The van der Waals surface area contributed by atoms with Crippen molar-refractivity contribution in [2.45, 2.75) is 19.9 Å². The molecule has 0 aliphatic rings. The molecule has 0 fully saturated rings. The third kappa shape index (κ3) is 7.27. The Morgan fingerprint density at radius 1 is 1.31 bits per heavy atom. The van der Waals surface area contributed by atoms with Crippen LogP contribution in [0.3, 0.4) is 0 Å². The van der Waals surface area contributed by atoms with E-state index in [0.29, 0.717) is 0 Å². The highest BCUT2D eigenvalue weighted by Gasteiger charge is 2.08. The molecule has 5 nitrogen and oxygen atoms in total. The van der Waals surface area contributed by atoms with Crippen LogP contribution in [0.1, 0.15) is 13.8 Å². The lowest BCUT2D eigenvalue weighted by molar-refractivity contribution is -0.120. The molecule has 0 radical (unpaired) electrons. The largest absolute Gasteiger partial charge is 0.336 e. The number of amides is 3. The number of carbonyl (C=O) groups is 2. The van der Waals surface area contributed by atoms with Crippen LogP contribution in [0.15, 0.2) is 0 Å². The minimum Gasteiger partial charge on any atom is -0.336 e. The molecule has 76 valence electrons. The molecule has 0 aromatic heterocycles. The molecule has 2 N–H and O–H groups in total. The molecule has 0 aliphatic heterocycles. The Morgan fingerprint density at radius 3 is 2.23 bits per heavy atom. The van der Waals surface area contributed by atoms with Gasteiger partial charge >= 0.3 is 6.03 Å². The Labute approximate surface area is 78.5 Å². The summed E-state index contributed by atoms with van der Waals surface area (Å²) in [4.78, 5) is 23.7. The maximum atomic E-state index is 11.0. The summed E-state index contributed by atoms with van der Waals surface area (Å²) in [6.45, 7) is 3.87. The number of likely N-dealkylation sites (N-methyl/N-ethyl adjacent to an activating group) is 1. The predicted molar refractivity (Wildman–Crippen MR) is 50.4 cm³/mol. The highest BCUT2D eigenvalue weighted by atomic mass is 16.2. The molecule has 0 atom stereocenters. The smallest absolute Gasteiger partial charge is 0.321 e. The zero-order chi connectivity index (χ0) is 10.4. The molecule has 0 heterocycles. The van der Waals surface area contributed by atoms with Crippen LogP contribution < -0.4 is 10.6 Å². The van der Waals surface area contributed by atoms with Crippen LogP contribution in [-0.4, -0.2) is 43.5 Å². The molecular weight excluding hydrogens is 170 g/mol. The number of rotatable bonds is 3. The van der Waals surface area contributed by atoms with Gasteiger partial charge in [0, 0.05) is 6.04 Å². The Morgan fingerprint density at radius 2 is 1.85 bits per heavy atom. The number of hydrogen-bond acceptors (Lipinski definition) is 3. The van der Waals surface area contributed by atoms with E-state index in [1.54, 1.807) is 19.0 Å². The van der Waals surface area contributed by atoms with Gasteiger partial charge in [-0.1, -0.05) is 0 Å². The second kappa shape index (κ2) is 5.53. The molecule has 0 aromatic carbocycles. The number of urea groups is 1. The minimum absolute atomic E-state index is 0.0344. The average Bonchev–Trinajstić information content (AvgIpc) is 1.80. The normalized spacial score (nSPS) is 10.3. The van der Waals surface area contributed by atoms with Gasteiger partial charge in [0.25, 0.3) is 0 Å². The number of carbonyl (C=O) groups excluding carboxylic acids is 2. The third-order valence-electron chi connectivity index (χ3n) is 1.13. The van der Waals surface area contributed by atoms with Crippen molar-refractivity contribution in [3.63, 3.8) is 0 Å². The summed E-state index contributed by atoms with van der Waals surface area (Å²) < 4.78 is 0. The van der Waals surface area contributed by atoms with Crippen molar-refractivity contribution in [2.75, 3.05) is 20.6 Å². The first-order valence-corrected chi connectivity index (χ1v) is 4.17. The molecule has 0 aliphatic carbocycles. The van der Waals surface area contributed by atoms with E-state index in [4.69, 9.17) is 0 Å². The van der Waals surface area contributed by atoms with Gasteiger partial charge in [-0.2, -0.15) is 0 Å². The molecule has 0 aromatic rings. The Balaban J connectivity index is 3.72. The topological polar surface area (TPSA) is 61.4 Å². The lowest BCUT2D eigenvalue weighted by Gasteiger charge is -2.11. The number of imide groups is 1. The van der Waals surface area contributed by atoms with Crippen LogP contribution in [0.4, 0.5) is 4.79 Å². The zero-order valence-electron chi connectivity index (χ0n) is 8.55. The van der Waals surface area contributed by atoms with Crippen LogP contribution in [0.2, 0.25) is 0 Å². The standard InChI is InChI=1S/C8H17N3O2/c1-6(2)9-8(13)10-7(12)5-11(3)4/h6H,5H2,1-4H3,(H2,9,10,12,13). The molecule has 0 bridgehead atoms. The van der Waals surface area contributed by atoms with E-state index < -0.39 is 6.03 Å². The van der Waals surface area contributed by atoms with Crippen molar-refractivity contribution in [2.24, 2.45) is 0 Å². The third-order valence-corrected chi connectivity index (χ3v) is 1.13. The highest BCUT2D eigenvalue weighted by Crippen LogP contribution is 1.78. The maximum absolute atomic E-state index is 11.0. The molecular formula is C8H17N3O2. The van der Waals surface area contributed by atoms with Crippen molar-refractivity contribution in [3.05, 3.63) is 0 Å². The van der Waals surface area contributed by atoms with E-state index in [-0.39, 0.29) is 18.5 Å². The van der Waals surface area contributed by atoms with Crippen LogP contribution in [-0.2, 0) is 4.79 Å². The first-order chi connectivity index (χ1) is 5.91. The maximum Gasteiger partial charge on any atom is 0.321 e. The van der Waals surface area contributed by atoms with Crippen LogP contribution >= 0.6 is 0 Å². The van der Waals surface area contributed by atoms with E-state index in [1.165, 1.54) is 0 Å². The Kier molecular flexibility index (Phi) is 5.06. The second-order valence-corrected chi connectivity index (χ2v) is 3.41. The van der Waals surface area contributed by atoms with Gasteiger partial charge in [-0.25, -0.2) is 4.79 Å². The minimum atomic E-state index is -0.443. The summed E-state index contributed by atoms with van der Waals surface area (Å²) in [7, 11) is 3.53. The SMILES string of the molecule is CC(C)NC(=O)NC(=O)CN(C)C. The van der Waals surface area contributed by atoms with E-state index >= 15 is 0 Å². The van der Waals surface area contributed by atoms with E-state index in [1.807, 2.05) is 13.8 Å². The van der Waals surface area contributed by atoms with Crippen LogP contribution in [0.5, 0.6) is 0 Å². The molecule has 0 spiro atoms. The van der Waals surface area contributed by atoms with Crippen LogP contribution in [0, 0.1) is 0 Å². The Hall–Kier alpha value is -1.10. The molecule has 13 heavy (non-hydrogen) atoms. The quantitative estimate of drug-likeness (QED) is 0.642. The van der Waals surface area contributed by atoms with Gasteiger partial charge in [0.05, 0.1) is 6.54 Å². The first kappa shape index (κ1) is 11.9. The molecule has 0 rings (SSSR count). The lowest BCUT2D eigenvalue weighted by Crippen LogP contribution is -2.45. The van der Waals surface area contributed by atoms with Crippen molar-refractivity contribution >= 4 is 11.9 Å². The predicted octanol–water partition coefficient (Wildman–Crippen LogP) is -0.218. The van der Waals surface area contributed by atoms with Crippen molar-refractivity contribution in [1.29, 1.82) is 0 Å². The summed E-state index contributed by atoms with van der Waals surface area (Å²) in [5.74, 6) is -0.303. The summed E-state index contributed by atoms with van der Waals surface area (Å²) in [5.41, 5.74) is 0.